The van der Waals surface area contributed by atoms with Crippen molar-refractivity contribution in [2.75, 3.05) is 23.7 Å². The zero-order chi connectivity index (χ0) is 20.7. The number of carbonyl (C=O) groups is 1. The lowest BCUT2D eigenvalue weighted by Crippen LogP contribution is -2.36. The van der Waals surface area contributed by atoms with Crippen LogP contribution in [0.3, 0.4) is 0 Å². The lowest BCUT2D eigenvalue weighted by atomic mass is 9.97. The van der Waals surface area contributed by atoms with Crippen molar-refractivity contribution in [3.63, 3.8) is 0 Å². The summed E-state index contributed by atoms with van der Waals surface area (Å²) in [6.07, 6.45) is 9.84. The van der Waals surface area contributed by atoms with Crippen molar-refractivity contribution in [3.05, 3.63) is 35.9 Å². The van der Waals surface area contributed by atoms with E-state index in [1.807, 2.05) is 11.0 Å². The summed E-state index contributed by atoms with van der Waals surface area (Å²) in [5.74, 6) is 0.0545. The third-order valence-electron chi connectivity index (χ3n) is 5.08. The molecule has 2 aliphatic rings. The average molecular weight is 436 g/mol. The molecule has 1 aliphatic carbocycles. The molecule has 6 nitrogen and oxygen atoms in total. The maximum absolute atomic E-state index is 12.6. The molecule has 0 saturated carbocycles. The summed E-state index contributed by atoms with van der Waals surface area (Å²) in [5.41, 5.74) is 2.07. The third kappa shape index (κ3) is 5.85. The number of thioether (sulfide) groups is 1. The van der Waals surface area contributed by atoms with Crippen molar-refractivity contribution >= 4 is 38.5 Å². The normalized spacial score (nSPS) is 17.9. The summed E-state index contributed by atoms with van der Waals surface area (Å²) < 4.78 is 29.1. The Morgan fingerprint density at radius 1 is 1.28 bits per heavy atom. The lowest BCUT2D eigenvalue weighted by Gasteiger charge is -2.30. The zero-order valence-electron chi connectivity index (χ0n) is 16.9. The SMILES string of the molecule is CCCCN1C(SCC(=O)NCCC2=CCCCC2)=NS(=O)(=O)c2ccccc21. The third-order valence-corrected chi connectivity index (χ3v) is 7.49. The fourth-order valence-corrected chi connectivity index (χ4v) is 5.82. The number of fused-ring (bicyclic) bond motifs is 1. The highest BCUT2D eigenvalue weighted by atomic mass is 32.2. The van der Waals surface area contributed by atoms with Gasteiger partial charge in [-0.15, -0.1) is 4.40 Å². The highest BCUT2D eigenvalue weighted by Crippen LogP contribution is 2.34. The summed E-state index contributed by atoms with van der Waals surface area (Å²) in [6, 6.07) is 6.92. The largest absolute Gasteiger partial charge is 0.355 e. The monoisotopic (exact) mass is 435 g/mol. The van der Waals surface area contributed by atoms with Crippen LogP contribution in [0.1, 0.15) is 51.9 Å². The van der Waals surface area contributed by atoms with Crippen LogP contribution in [-0.4, -0.2) is 38.3 Å². The molecule has 0 fully saturated rings. The summed E-state index contributed by atoms with van der Waals surface area (Å²) in [6.45, 7) is 3.38. The lowest BCUT2D eigenvalue weighted by molar-refractivity contribution is -0.118. The molecule has 1 heterocycles. The Bertz CT molecular complexity index is 894. The second-order valence-electron chi connectivity index (χ2n) is 7.32. The van der Waals surface area contributed by atoms with Crippen molar-refractivity contribution in [1.82, 2.24) is 5.32 Å². The molecule has 3 rings (SSSR count). The molecular formula is C21H29N3O3S2. The Kier molecular flexibility index (Phi) is 7.77. The van der Waals surface area contributed by atoms with E-state index in [2.05, 4.69) is 22.7 Å². The molecular weight excluding hydrogens is 406 g/mol. The fraction of sp³-hybridized carbons (Fsp3) is 0.524. The number of benzene rings is 1. The Hall–Kier alpha value is -1.80. The van der Waals surface area contributed by atoms with Crippen molar-refractivity contribution in [2.45, 2.75) is 56.8 Å². The van der Waals surface area contributed by atoms with Gasteiger partial charge in [0.25, 0.3) is 10.0 Å². The second kappa shape index (κ2) is 10.3. The number of para-hydroxylation sites is 1. The van der Waals surface area contributed by atoms with Gasteiger partial charge in [0, 0.05) is 13.1 Å². The molecule has 29 heavy (non-hydrogen) atoms. The van der Waals surface area contributed by atoms with E-state index < -0.39 is 10.0 Å². The van der Waals surface area contributed by atoms with E-state index in [4.69, 9.17) is 0 Å². The minimum absolute atomic E-state index is 0.0965. The van der Waals surface area contributed by atoms with Gasteiger partial charge in [0.15, 0.2) is 5.17 Å². The van der Waals surface area contributed by atoms with Gasteiger partial charge in [-0.05, 0) is 50.7 Å². The minimum atomic E-state index is -3.74. The van der Waals surface area contributed by atoms with Crippen LogP contribution in [0.5, 0.6) is 0 Å². The van der Waals surface area contributed by atoms with Crippen LogP contribution in [0.4, 0.5) is 5.69 Å². The number of nitrogens with zero attached hydrogens (tertiary/aromatic N) is 2. The van der Waals surface area contributed by atoms with Crippen LogP contribution in [0, 0.1) is 0 Å². The fourth-order valence-electron chi connectivity index (χ4n) is 3.51. The van der Waals surface area contributed by atoms with Crippen LogP contribution in [0.15, 0.2) is 45.2 Å². The van der Waals surface area contributed by atoms with Gasteiger partial charge in [0.1, 0.15) is 4.90 Å². The van der Waals surface area contributed by atoms with Crippen molar-refractivity contribution in [1.29, 1.82) is 0 Å². The molecule has 1 aromatic rings. The number of rotatable bonds is 8. The van der Waals surface area contributed by atoms with Crippen molar-refractivity contribution < 1.29 is 13.2 Å². The number of amidine groups is 1. The van der Waals surface area contributed by atoms with Gasteiger partial charge < -0.3 is 10.2 Å². The first kappa shape index (κ1) is 21.9. The molecule has 158 valence electrons. The maximum Gasteiger partial charge on any atom is 0.286 e. The number of sulfonamides is 1. The zero-order valence-corrected chi connectivity index (χ0v) is 18.5. The maximum atomic E-state index is 12.6. The molecule has 1 aromatic carbocycles. The van der Waals surface area contributed by atoms with Crippen LogP contribution in [0.2, 0.25) is 0 Å². The van der Waals surface area contributed by atoms with E-state index in [9.17, 15) is 13.2 Å². The van der Waals surface area contributed by atoms with Gasteiger partial charge in [-0.3, -0.25) is 4.79 Å². The van der Waals surface area contributed by atoms with E-state index in [0.717, 1.165) is 32.1 Å². The second-order valence-corrected chi connectivity index (χ2v) is 9.83. The standard InChI is InChI=1S/C21H29N3O3S2/c1-2-3-15-24-18-11-7-8-12-19(18)29(26,27)23-21(24)28-16-20(25)22-14-13-17-9-5-4-6-10-17/h7-9,11-12H,2-6,10,13-16H2,1H3,(H,22,25). The van der Waals surface area contributed by atoms with Crippen molar-refractivity contribution in [2.24, 2.45) is 4.40 Å². The molecule has 0 atom stereocenters. The molecule has 8 heteroatoms. The summed E-state index contributed by atoms with van der Waals surface area (Å²) >= 11 is 1.19. The number of hydrogen-bond acceptors (Lipinski definition) is 5. The quantitative estimate of drug-likeness (QED) is 0.622. The highest BCUT2D eigenvalue weighted by Gasteiger charge is 2.30. The predicted octanol–water partition coefficient (Wildman–Crippen LogP) is 4.09. The first-order chi connectivity index (χ1) is 14.0. The van der Waals surface area contributed by atoms with Gasteiger partial charge in [0.05, 0.1) is 11.4 Å². The molecule has 0 aromatic heterocycles. The summed E-state index contributed by atoms with van der Waals surface area (Å²) in [5, 5.41) is 3.32. The predicted molar refractivity (Wildman–Crippen MR) is 120 cm³/mol. The van der Waals surface area contributed by atoms with E-state index in [1.54, 1.807) is 18.2 Å². The summed E-state index contributed by atoms with van der Waals surface area (Å²) in [4.78, 5) is 14.4. The first-order valence-corrected chi connectivity index (χ1v) is 12.7. The molecule has 0 bridgehead atoms. The molecule has 0 spiro atoms. The van der Waals surface area contributed by atoms with Gasteiger partial charge in [-0.25, -0.2) is 0 Å². The Morgan fingerprint density at radius 2 is 2.10 bits per heavy atom. The van der Waals surface area contributed by atoms with E-state index in [-0.39, 0.29) is 16.6 Å². The van der Waals surface area contributed by atoms with Gasteiger partial charge in [-0.2, -0.15) is 8.42 Å². The molecule has 0 unspecified atom stereocenters. The molecule has 1 aliphatic heterocycles. The van der Waals surface area contributed by atoms with Gasteiger partial charge in [-0.1, -0.05) is 48.9 Å². The van der Waals surface area contributed by atoms with Crippen LogP contribution in [-0.2, 0) is 14.8 Å². The number of nitrogens with one attached hydrogen (secondary N) is 1. The first-order valence-electron chi connectivity index (χ1n) is 10.3. The topological polar surface area (TPSA) is 78.8 Å². The highest BCUT2D eigenvalue weighted by molar-refractivity contribution is 8.15. The number of carbonyl (C=O) groups excluding carboxylic acids is 1. The number of anilines is 1. The Balaban J connectivity index is 1.61. The van der Waals surface area contributed by atoms with E-state index in [1.165, 1.54) is 30.2 Å². The molecule has 1 amide bonds. The van der Waals surface area contributed by atoms with E-state index >= 15 is 0 Å². The smallest absolute Gasteiger partial charge is 0.286 e. The number of amides is 1. The van der Waals surface area contributed by atoms with E-state index in [0.29, 0.717) is 23.9 Å². The number of unbranched alkanes of at least 4 members (excludes halogenated alkanes) is 1. The molecule has 0 radical (unpaired) electrons. The van der Waals surface area contributed by atoms with Crippen LogP contribution < -0.4 is 10.2 Å². The Labute approximate surface area is 177 Å². The minimum Gasteiger partial charge on any atom is -0.355 e. The van der Waals surface area contributed by atoms with Gasteiger partial charge >= 0.3 is 0 Å². The van der Waals surface area contributed by atoms with Crippen LogP contribution in [0.25, 0.3) is 0 Å². The van der Waals surface area contributed by atoms with Gasteiger partial charge in [0.2, 0.25) is 5.91 Å². The number of allylic oxidation sites excluding steroid dienone is 1. The van der Waals surface area contributed by atoms with Crippen molar-refractivity contribution in [3.8, 4) is 0 Å². The summed E-state index contributed by atoms with van der Waals surface area (Å²) in [7, 11) is -3.74. The molecule has 1 N–H and O–H groups in total. The molecule has 0 saturated heterocycles. The average Bonchev–Trinajstić information content (AvgIpc) is 2.72. The van der Waals surface area contributed by atoms with Crippen LogP contribution >= 0.6 is 11.8 Å². The number of hydrogen-bond donors (Lipinski definition) is 1. The Morgan fingerprint density at radius 3 is 2.86 bits per heavy atom.